The van der Waals surface area contributed by atoms with Gasteiger partial charge in [-0.2, -0.15) is 0 Å². The van der Waals surface area contributed by atoms with E-state index in [1.54, 1.807) is 7.11 Å². The number of phenolic OH excluding ortho intramolecular Hbond substituents is 1. The molecular formula is C21H27N2O2+. The van der Waals surface area contributed by atoms with E-state index < -0.39 is 0 Å². The molecule has 0 aromatic heterocycles. The van der Waals surface area contributed by atoms with E-state index >= 15 is 0 Å². The highest BCUT2D eigenvalue weighted by molar-refractivity contribution is 5.58. The van der Waals surface area contributed by atoms with Crippen LogP contribution in [0.15, 0.2) is 48.5 Å². The van der Waals surface area contributed by atoms with Crippen molar-refractivity contribution in [3.05, 3.63) is 59.7 Å². The van der Waals surface area contributed by atoms with Crippen LogP contribution in [0.2, 0.25) is 0 Å². The van der Waals surface area contributed by atoms with Crippen LogP contribution in [0.5, 0.6) is 11.5 Å². The molecule has 0 saturated carbocycles. The van der Waals surface area contributed by atoms with E-state index in [0.29, 0.717) is 5.75 Å². The smallest absolute Gasteiger partial charge is 0.166 e. The zero-order chi connectivity index (χ0) is 17.6. The Kier molecular flexibility index (Phi) is 5.61. The third-order valence-corrected chi connectivity index (χ3v) is 4.79. The van der Waals surface area contributed by atoms with Crippen molar-refractivity contribution in [3.63, 3.8) is 0 Å². The fraction of sp³-hybridized carbons (Fsp3) is 0.333. The summed E-state index contributed by atoms with van der Waals surface area (Å²) in [4.78, 5) is 3.92. The lowest BCUT2D eigenvalue weighted by atomic mass is 10.1. The zero-order valence-electron chi connectivity index (χ0n) is 15.0. The third kappa shape index (κ3) is 4.15. The van der Waals surface area contributed by atoms with Gasteiger partial charge in [-0.05, 0) is 36.8 Å². The average molecular weight is 339 g/mol. The van der Waals surface area contributed by atoms with Crippen molar-refractivity contribution in [2.45, 2.75) is 13.5 Å². The van der Waals surface area contributed by atoms with Crippen LogP contribution in [0.1, 0.15) is 18.1 Å². The van der Waals surface area contributed by atoms with Crippen LogP contribution >= 0.6 is 0 Å². The molecule has 25 heavy (non-hydrogen) atoms. The summed E-state index contributed by atoms with van der Waals surface area (Å²) in [6.07, 6.45) is 4.04. The first-order valence-corrected chi connectivity index (χ1v) is 8.87. The van der Waals surface area contributed by atoms with E-state index in [1.807, 2.05) is 25.1 Å². The normalized spacial score (nSPS) is 15.7. The Labute approximate surface area is 150 Å². The average Bonchev–Trinajstić information content (AvgIpc) is 2.66. The lowest BCUT2D eigenvalue weighted by Gasteiger charge is -2.33. The van der Waals surface area contributed by atoms with Gasteiger partial charge in [0.2, 0.25) is 0 Å². The summed E-state index contributed by atoms with van der Waals surface area (Å²) in [5, 5.41) is 10.5. The molecule has 0 spiro atoms. The van der Waals surface area contributed by atoms with Gasteiger partial charge in [0, 0.05) is 5.69 Å². The lowest BCUT2D eigenvalue weighted by Crippen LogP contribution is -3.13. The molecule has 2 aromatic rings. The van der Waals surface area contributed by atoms with E-state index in [1.165, 1.54) is 10.6 Å². The standard InChI is InChI=1S/C21H26N2O2/c1-3-7-17-14-18(21(24)20(15-17)25-2)16-22-10-12-23(13-11-22)19-8-5-4-6-9-19/h3-9,14-15,24H,10-13,16H2,1-2H3/p+1/b7-3+. The Morgan fingerprint density at radius 2 is 1.88 bits per heavy atom. The quantitative estimate of drug-likeness (QED) is 0.878. The molecule has 3 rings (SSSR count). The lowest BCUT2D eigenvalue weighted by molar-refractivity contribution is -0.914. The van der Waals surface area contributed by atoms with Crippen LogP contribution in [-0.2, 0) is 6.54 Å². The maximum absolute atomic E-state index is 10.5. The molecule has 1 aliphatic rings. The number of ether oxygens (including phenoxy) is 1. The van der Waals surface area contributed by atoms with E-state index in [2.05, 4.69) is 41.3 Å². The Morgan fingerprint density at radius 1 is 1.16 bits per heavy atom. The Hall–Kier alpha value is -2.46. The summed E-state index contributed by atoms with van der Waals surface area (Å²) < 4.78 is 5.34. The molecule has 4 heteroatoms. The number of piperazine rings is 1. The fourth-order valence-electron chi connectivity index (χ4n) is 3.43. The maximum Gasteiger partial charge on any atom is 0.166 e. The van der Waals surface area contributed by atoms with Crippen LogP contribution in [-0.4, -0.2) is 38.4 Å². The highest BCUT2D eigenvalue weighted by atomic mass is 16.5. The number of benzene rings is 2. The predicted molar refractivity (Wildman–Crippen MR) is 102 cm³/mol. The molecule has 0 unspecified atom stereocenters. The minimum atomic E-state index is 0.272. The first-order valence-electron chi connectivity index (χ1n) is 8.87. The second kappa shape index (κ2) is 8.08. The number of para-hydroxylation sites is 1. The predicted octanol–water partition coefficient (Wildman–Crippen LogP) is 2.34. The van der Waals surface area contributed by atoms with Gasteiger partial charge < -0.3 is 19.6 Å². The van der Waals surface area contributed by atoms with Gasteiger partial charge in [-0.1, -0.05) is 30.4 Å². The summed E-state index contributed by atoms with van der Waals surface area (Å²) in [6.45, 7) is 7.00. The molecule has 1 fully saturated rings. The summed E-state index contributed by atoms with van der Waals surface area (Å²) in [5.74, 6) is 0.821. The van der Waals surface area contributed by atoms with E-state index in [9.17, 15) is 5.11 Å². The van der Waals surface area contributed by atoms with Gasteiger partial charge >= 0.3 is 0 Å². The molecule has 1 heterocycles. The minimum Gasteiger partial charge on any atom is -0.504 e. The number of phenols is 1. The van der Waals surface area contributed by atoms with Crippen molar-refractivity contribution in [2.75, 3.05) is 38.2 Å². The van der Waals surface area contributed by atoms with Crippen LogP contribution in [0.3, 0.4) is 0 Å². The molecule has 4 nitrogen and oxygen atoms in total. The van der Waals surface area contributed by atoms with Crippen LogP contribution in [0, 0.1) is 0 Å². The first-order chi connectivity index (χ1) is 12.2. The minimum absolute atomic E-state index is 0.272. The Morgan fingerprint density at radius 3 is 2.52 bits per heavy atom. The van der Waals surface area contributed by atoms with Crippen molar-refractivity contribution < 1.29 is 14.7 Å². The van der Waals surface area contributed by atoms with E-state index in [4.69, 9.17) is 4.74 Å². The van der Waals surface area contributed by atoms with Crippen molar-refractivity contribution >= 4 is 11.8 Å². The van der Waals surface area contributed by atoms with Gasteiger partial charge in [0.05, 0.1) is 38.9 Å². The second-order valence-electron chi connectivity index (χ2n) is 6.48. The number of nitrogens with one attached hydrogen (secondary N) is 1. The highest BCUT2D eigenvalue weighted by Crippen LogP contribution is 2.31. The molecule has 2 N–H and O–H groups in total. The number of methoxy groups -OCH3 is 1. The first kappa shape index (κ1) is 17.4. The molecule has 0 bridgehead atoms. The summed E-state index contributed by atoms with van der Waals surface area (Å²) >= 11 is 0. The van der Waals surface area contributed by atoms with Crippen molar-refractivity contribution in [1.29, 1.82) is 0 Å². The molecule has 132 valence electrons. The summed E-state index contributed by atoms with van der Waals surface area (Å²) in [7, 11) is 1.60. The Balaban J connectivity index is 1.68. The van der Waals surface area contributed by atoms with Gasteiger partial charge in [0.1, 0.15) is 6.54 Å². The van der Waals surface area contributed by atoms with Crippen molar-refractivity contribution in [1.82, 2.24) is 0 Å². The van der Waals surface area contributed by atoms with Crippen LogP contribution in [0.4, 0.5) is 5.69 Å². The molecule has 1 saturated heterocycles. The van der Waals surface area contributed by atoms with E-state index in [-0.39, 0.29) is 5.75 Å². The summed E-state index contributed by atoms with van der Waals surface area (Å²) in [5.41, 5.74) is 3.31. The molecule has 0 radical (unpaired) electrons. The summed E-state index contributed by atoms with van der Waals surface area (Å²) in [6, 6.07) is 14.5. The molecule has 0 atom stereocenters. The Bertz CT molecular complexity index is 720. The third-order valence-electron chi connectivity index (χ3n) is 4.79. The van der Waals surface area contributed by atoms with Gasteiger partial charge in [-0.25, -0.2) is 0 Å². The second-order valence-corrected chi connectivity index (χ2v) is 6.48. The maximum atomic E-state index is 10.5. The largest absolute Gasteiger partial charge is 0.504 e. The number of anilines is 1. The monoisotopic (exact) mass is 339 g/mol. The van der Waals surface area contributed by atoms with Crippen molar-refractivity contribution in [2.24, 2.45) is 0 Å². The number of allylic oxidation sites excluding steroid dienone is 1. The van der Waals surface area contributed by atoms with Gasteiger partial charge in [-0.15, -0.1) is 0 Å². The molecule has 0 aliphatic carbocycles. The fourth-order valence-corrected chi connectivity index (χ4v) is 3.43. The molecule has 1 aliphatic heterocycles. The SMILES string of the molecule is C/C=C/c1cc(C[NH+]2CCN(c3ccccc3)CC2)c(O)c(OC)c1. The highest BCUT2D eigenvalue weighted by Gasteiger charge is 2.22. The zero-order valence-corrected chi connectivity index (χ0v) is 15.0. The number of quaternary nitrogens is 1. The molecule has 2 aromatic carbocycles. The molecule has 0 amide bonds. The van der Waals surface area contributed by atoms with E-state index in [0.717, 1.165) is 43.9 Å². The van der Waals surface area contributed by atoms with Gasteiger partial charge in [0.25, 0.3) is 0 Å². The number of aromatic hydroxyl groups is 1. The van der Waals surface area contributed by atoms with Gasteiger partial charge in [0.15, 0.2) is 11.5 Å². The topological polar surface area (TPSA) is 37.1 Å². The number of rotatable bonds is 5. The van der Waals surface area contributed by atoms with Gasteiger partial charge in [-0.3, -0.25) is 0 Å². The number of nitrogens with zero attached hydrogens (tertiary/aromatic N) is 1. The molecular weight excluding hydrogens is 312 g/mol. The number of hydrogen-bond donors (Lipinski definition) is 2. The van der Waals surface area contributed by atoms with Crippen molar-refractivity contribution in [3.8, 4) is 11.5 Å². The number of hydrogen-bond acceptors (Lipinski definition) is 3. The van der Waals surface area contributed by atoms with Crippen LogP contribution < -0.4 is 14.5 Å². The van der Waals surface area contributed by atoms with Crippen LogP contribution in [0.25, 0.3) is 6.08 Å².